The second kappa shape index (κ2) is 9.34. The number of carbonyl (C=O) groups excluding carboxylic acids is 2. The molecule has 0 fully saturated rings. The van der Waals surface area contributed by atoms with Gasteiger partial charge < -0.3 is 16.0 Å². The lowest BCUT2D eigenvalue weighted by Crippen LogP contribution is -2.19. The zero-order valence-electron chi connectivity index (χ0n) is 15.4. The summed E-state index contributed by atoms with van der Waals surface area (Å²) in [5, 5.41) is 17.2. The van der Waals surface area contributed by atoms with Gasteiger partial charge in [0.05, 0.1) is 17.0 Å². The minimum Gasteiger partial charge on any atom is -0.363 e. The van der Waals surface area contributed by atoms with Crippen LogP contribution in [0.5, 0.6) is 0 Å². The Hall–Kier alpha value is -2.91. The molecular weight excluding hydrogens is 394 g/mol. The monoisotopic (exact) mass is 413 g/mol. The highest BCUT2D eigenvalue weighted by molar-refractivity contribution is 8.01. The Balaban J connectivity index is 1.64. The number of para-hydroxylation sites is 1. The number of carbonyl (C=O) groups is 2. The van der Waals surface area contributed by atoms with Gasteiger partial charge in [-0.15, -0.1) is 10.2 Å². The van der Waals surface area contributed by atoms with E-state index in [-0.39, 0.29) is 17.6 Å². The van der Waals surface area contributed by atoms with Gasteiger partial charge in [-0.05, 0) is 36.8 Å². The fraction of sp³-hybridized carbons (Fsp3) is 0.158. The third kappa shape index (κ3) is 5.30. The lowest BCUT2D eigenvalue weighted by atomic mass is 10.1. The summed E-state index contributed by atoms with van der Waals surface area (Å²) in [7, 11) is 1.76. The Morgan fingerprint density at radius 3 is 2.64 bits per heavy atom. The van der Waals surface area contributed by atoms with Gasteiger partial charge in [0.25, 0.3) is 5.91 Å². The third-order valence-corrected chi connectivity index (χ3v) is 5.74. The van der Waals surface area contributed by atoms with E-state index in [9.17, 15) is 9.59 Å². The van der Waals surface area contributed by atoms with E-state index in [1.807, 2.05) is 31.2 Å². The highest BCUT2D eigenvalue weighted by atomic mass is 32.2. The molecule has 3 rings (SSSR count). The first-order valence-electron chi connectivity index (χ1n) is 8.46. The first kappa shape index (κ1) is 19.8. The van der Waals surface area contributed by atoms with Gasteiger partial charge in [-0.3, -0.25) is 9.59 Å². The van der Waals surface area contributed by atoms with Gasteiger partial charge in [-0.25, -0.2) is 0 Å². The summed E-state index contributed by atoms with van der Waals surface area (Å²) in [6.45, 7) is 1.96. The molecule has 0 aliphatic heterocycles. The quantitative estimate of drug-likeness (QED) is 0.509. The Kier molecular flexibility index (Phi) is 6.62. The molecule has 0 spiro atoms. The number of thioether (sulfide) groups is 1. The van der Waals surface area contributed by atoms with Crippen molar-refractivity contribution in [2.45, 2.75) is 11.3 Å². The third-order valence-electron chi connectivity index (χ3n) is 3.67. The van der Waals surface area contributed by atoms with E-state index in [1.165, 1.54) is 23.1 Å². The standard InChI is InChI=1S/C19H19N5O2S2/c1-12-6-5-7-13(10-12)21-17(26)14-8-3-4-9-15(14)22-16(25)11-27-19-24-23-18(20-2)28-19/h3-10H,11H2,1-2H3,(H,20,23)(H,21,26)(H,22,25). The van der Waals surface area contributed by atoms with Crippen LogP contribution in [0.4, 0.5) is 16.5 Å². The van der Waals surface area contributed by atoms with Crippen LogP contribution in [0, 0.1) is 6.92 Å². The first-order chi connectivity index (χ1) is 13.5. The molecule has 0 aliphatic rings. The summed E-state index contributed by atoms with van der Waals surface area (Å²) >= 11 is 2.67. The maximum Gasteiger partial charge on any atom is 0.257 e. The van der Waals surface area contributed by atoms with Gasteiger partial charge in [0, 0.05) is 12.7 Å². The number of nitrogens with one attached hydrogen (secondary N) is 3. The van der Waals surface area contributed by atoms with Crippen molar-refractivity contribution in [2.24, 2.45) is 0 Å². The average Bonchev–Trinajstić information content (AvgIpc) is 3.15. The number of nitrogens with zero attached hydrogens (tertiary/aromatic N) is 2. The normalized spacial score (nSPS) is 10.4. The van der Waals surface area contributed by atoms with Crippen molar-refractivity contribution in [1.29, 1.82) is 0 Å². The van der Waals surface area contributed by atoms with Crippen molar-refractivity contribution in [3.8, 4) is 0 Å². The lowest BCUT2D eigenvalue weighted by molar-refractivity contribution is -0.113. The summed E-state index contributed by atoms with van der Waals surface area (Å²) in [6, 6.07) is 14.5. The molecule has 0 saturated carbocycles. The Labute approximate surface area is 171 Å². The van der Waals surface area contributed by atoms with E-state index < -0.39 is 0 Å². The Morgan fingerprint density at radius 1 is 1.07 bits per heavy atom. The van der Waals surface area contributed by atoms with Crippen LogP contribution in [0.3, 0.4) is 0 Å². The molecule has 0 saturated heterocycles. The molecule has 1 aromatic heterocycles. The average molecular weight is 414 g/mol. The molecule has 28 heavy (non-hydrogen) atoms. The number of hydrogen-bond acceptors (Lipinski definition) is 7. The van der Waals surface area contributed by atoms with Gasteiger partial charge >= 0.3 is 0 Å². The van der Waals surface area contributed by atoms with Crippen LogP contribution in [-0.4, -0.2) is 34.8 Å². The summed E-state index contributed by atoms with van der Waals surface area (Å²) in [5.74, 6) is -0.328. The van der Waals surface area contributed by atoms with Crippen molar-refractivity contribution in [3.05, 3.63) is 59.7 Å². The fourth-order valence-corrected chi connectivity index (χ4v) is 3.90. The van der Waals surface area contributed by atoms with E-state index in [2.05, 4.69) is 26.1 Å². The minimum absolute atomic E-state index is 0.173. The second-order valence-corrected chi connectivity index (χ2v) is 8.03. The predicted octanol–water partition coefficient (Wildman–Crippen LogP) is 3.87. The molecule has 0 atom stereocenters. The Bertz CT molecular complexity index is 990. The van der Waals surface area contributed by atoms with Crippen LogP contribution in [0.1, 0.15) is 15.9 Å². The number of amides is 2. The van der Waals surface area contributed by atoms with Crippen LogP contribution < -0.4 is 16.0 Å². The second-order valence-electron chi connectivity index (χ2n) is 5.83. The van der Waals surface area contributed by atoms with E-state index in [1.54, 1.807) is 31.3 Å². The Morgan fingerprint density at radius 2 is 1.89 bits per heavy atom. The van der Waals surface area contributed by atoms with Gasteiger partial charge in [0.15, 0.2) is 4.34 Å². The molecule has 2 aromatic carbocycles. The van der Waals surface area contributed by atoms with E-state index in [0.29, 0.717) is 26.4 Å². The van der Waals surface area contributed by atoms with Gasteiger partial charge in [-0.1, -0.05) is 47.4 Å². The van der Waals surface area contributed by atoms with E-state index in [4.69, 9.17) is 0 Å². The zero-order valence-corrected chi connectivity index (χ0v) is 17.0. The smallest absolute Gasteiger partial charge is 0.257 e. The summed E-state index contributed by atoms with van der Waals surface area (Å²) in [4.78, 5) is 25.0. The van der Waals surface area contributed by atoms with Gasteiger partial charge in [0.2, 0.25) is 11.0 Å². The zero-order chi connectivity index (χ0) is 19.9. The summed E-state index contributed by atoms with van der Waals surface area (Å²) < 4.78 is 0.699. The fourth-order valence-electron chi connectivity index (χ4n) is 2.39. The van der Waals surface area contributed by atoms with Gasteiger partial charge in [0.1, 0.15) is 0 Å². The summed E-state index contributed by atoms with van der Waals surface area (Å²) in [6.07, 6.45) is 0. The molecule has 2 amide bonds. The van der Waals surface area contributed by atoms with Crippen LogP contribution in [0.25, 0.3) is 0 Å². The van der Waals surface area contributed by atoms with Gasteiger partial charge in [-0.2, -0.15) is 0 Å². The van der Waals surface area contributed by atoms with Crippen LogP contribution in [0.2, 0.25) is 0 Å². The molecular formula is C19H19N5O2S2. The molecule has 9 heteroatoms. The molecule has 7 nitrogen and oxygen atoms in total. The van der Waals surface area contributed by atoms with Crippen LogP contribution >= 0.6 is 23.1 Å². The number of hydrogen-bond donors (Lipinski definition) is 3. The molecule has 0 radical (unpaired) electrons. The molecule has 144 valence electrons. The minimum atomic E-state index is -0.281. The number of rotatable bonds is 7. The highest BCUT2D eigenvalue weighted by Crippen LogP contribution is 2.25. The van der Waals surface area contributed by atoms with Crippen molar-refractivity contribution in [2.75, 3.05) is 28.8 Å². The first-order valence-corrected chi connectivity index (χ1v) is 10.3. The van der Waals surface area contributed by atoms with E-state index >= 15 is 0 Å². The summed E-state index contributed by atoms with van der Waals surface area (Å²) in [5.41, 5.74) is 2.62. The SMILES string of the molecule is CNc1nnc(SCC(=O)Nc2ccccc2C(=O)Nc2cccc(C)c2)s1. The maximum atomic E-state index is 12.7. The lowest BCUT2D eigenvalue weighted by Gasteiger charge is -2.11. The maximum absolute atomic E-state index is 12.7. The number of aromatic nitrogens is 2. The topological polar surface area (TPSA) is 96.0 Å². The van der Waals surface area contributed by atoms with Crippen molar-refractivity contribution in [3.63, 3.8) is 0 Å². The molecule has 1 heterocycles. The van der Waals surface area contributed by atoms with Crippen LogP contribution in [-0.2, 0) is 4.79 Å². The largest absolute Gasteiger partial charge is 0.363 e. The number of anilines is 3. The molecule has 0 unspecified atom stereocenters. The van der Waals surface area contributed by atoms with Crippen molar-refractivity contribution < 1.29 is 9.59 Å². The number of benzene rings is 2. The molecule has 0 bridgehead atoms. The number of aryl methyl sites for hydroxylation is 1. The van der Waals surface area contributed by atoms with Crippen molar-refractivity contribution in [1.82, 2.24) is 10.2 Å². The van der Waals surface area contributed by atoms with Crippen LogP contribution in [0.15, 0.2) is 52.9 Å². The molecule has 3 aromatic rings. The molecule has 3 N–H and O–H groups in total. The predicted molar refractivity (Wildman–Crippen MR) is 114 cm³/mol. The highest BCUT2D eigenvalue weighted by Gasteiger charge is 2.14. The van der Waals surface area contributed by atoms with Crippen molar-refractivity contribution >= 4 is 51.4 Å². The van der Waals surface area contributed by atoms with E-state index in [0.717, 1.165) is 5.56 Å². The molecule has 0 aliphatic carbocycles.